The highest BCUT2D eigenvalue weighted by Gasteiger charge is 2.04. The van der Waals surface area contributed by atoms with Gasteiger partial charge in [0, 0.05) is 6.07 Å². The molecule has 10 heavy (non-hydrogen) atoms. The molecule has 54 valence electrons. The first-order valence-electron chi connectivity index (χ1n) is 2.51. The van der Waals surface area contributed by atoms with Crippen LogP contribution in [0.4, 0.5) is 0 Å². The van der Waals surface area contributed by atoms with Crippen LogP contribution in [0, 0.1) is 0 Å². The predicted molar refractivity (Wildman–Crippen MR) is 35.5 cm³/mol. The molecule has 1 aromatic rings. The first kappa shape index (κ1) is 7.27. The van der Waals surface area contributed by atoms with Gasteiger partial charge >= 0.3 is 5.97 Å². The van der Waals surface area contributed by atoms with Crippen molar-refractivity contribution in [2.24, 2.45) is 0 Å². The van der Waals surface area contributed by atoms with Crippen LogP contribution < -0.4 is 0 Å². The van der Waals surface area contributed by atoms with Gasteiger partial charge < -0.3 is 9.63 Å². The summed E-state index contributed by atoms with van der Waals surface area (Å²) >= 11 is 3.00. The second kappa shape index (κ2) is 2.83. The normalized spacial score (nSPS) is 9.70. The molecule has 0 radical (unpaired) electrons. The summed E-state index contributed by atoms with van der Waals surface area (Å²) in [6.07, 6.45) is -0.102. The Labute approximate surface area is 64.9 Å². The van der Waals surface area contributed by atoms with E-state index in [9.17, 15) is 4.79 Å². The highest BCUT2D eigenvalue weighted by molar-refractivity contribution is 9.10. The van der Waals surface area contributed by atoms with E-state index in [0.29, 0.717) is 10.4 Å². The molecule has 1 N–H and O–H groups in total. The molecule has 0 aliphatic heterocycles. The van der Waals surface area contributed by atoms with Gasteiger partial charge in [-0.1, -0.05) is 5.16 Å². The van der Waals surface area contributed by atoms with Gasteiger partial charge in [-0.15, -0.1) is 0 Å². The highest BCUT2D eigenvalue weighted by Crippen LogP contribution is 2.10. The van der Waals surface area contributed by atoms with E-state index >= 15 is 0 Å². The summed E-state index contributed by atoms with van der Waals surface area (Å²) in [6.45, 7) is 0. The van der Waals surface area contributed by atoms with E-state index < -0.39 is 5.97 Å². The molecule has 4 nitrogen and oxygen atoms in total. The van der Waals surface area contributed by atoms with E-state index in [-0.39, 0.29) is 6.42 Å². The fourth-order valence-corrected chi connectivity index (χ4v) is 0.861. The van der Waals surface area contributed by atoms with Crippen LogP contribution in [0.25, 0.3) is 0 Å². The number of halogens is 1. The van der Waals surface area contributed by atoms with Gasteiger partial charge in [-0.05, 0) is 15.9 Å². The van der Waals surface area contributed by atoms with Gasteiger partial charge in [0.1, 0.15) is 0 Å². The first-order chi connectivity index (χ1) is 4.68. The highest BCUT2D eigenvalue weighted by atomic mass is 79.9. The summed E-state index contributed by atoms with van der Waals surface area (Å²) < 4.78 is 5.02. The maximum atomic E-state index is 10.1. The van der Waals surface area contributed by atoms with Crippen LogP contribution in [0.15, 0.2) is 15.3 Å². The Balaban J connectivity index is 2.67. The van der Waals surface area contributed by atoms with Crippen molar-refractivity contribution >= 4 is 21.9 Å². The smallest absolute Gasteiger partial charge is 0.309 e. The number of rotatable bonds is 2. The zero-order valence-electron chi connectivity index (χ0n) is 4.87. The second-order valence-corrected chi connectivity index (χ2v) is 2.47. The Hall–Kier alpha value is -0.840. The average Bonchev–Trinajstić information content (AvgIpc) is 2.13. The van der Waals surface area contributed by atoms with Crippen molar-refractivity contribution in [3.63, 3.8) is 0 Å². The largest absolute Gasteiger partial charge is 0.481 e. The molecule has 0 aliphatic rings. The van der Waals surface area contributed by atoms with Crippen LogP contribution in [0.2, 0.25) is 0 Å². The molecule has 0 fully saturated rings. The Morgan fingerprint density at radius 2 is 2.60 bits per heavy atom. The molecule has 0 saturated carbocycles. The van der Waals surface area contributed by atoms with Gasteiger partial charge in [0.05, 0.1) is 12.1 Å². The van der Waals surface area contributed by atoms with Gasteiger partial charge in [-0.2, -0.15) is 0 Å². The third-order valence-corrected chi connectivity index (χ3v) is 1.24. The Bertz CT molecular complexity index is 245. The average molecular weight is 206 g/mol. The van der Waals surface area contributed by atoms with E-state index in [1.807, 2.05) is 0 Å². The third-order valence-electron chi connectivity index (χ3n) is 0.863. The topological polar surface area (TPSA) is 63.3 Å². The molecule has 0 spiro atoms. The third kappa shape index (κ3) is 1.84. The minimum absolute atomic E-state index is 0.102. The number of hydrogen-bond donors (Lipinski definition) is 1. The van der Waals surface area contributed by atoms with E-state index in [2.05, 4.69) is 25.6 Å². The van der Waals surface area contributed by atoms with Crippen LogP contribution in [0.1, 0.15) is 5.69 Å². The molecule has 1 heterocycles. The first-order valence-corrected chi connectivity index (χ1v) is 3.30. The van der Waals surface area contributed by atoms with Crippen molar-refractivity contribution in [2.75, 3.05) is 0 Å². The minimum atomic E-state index is -0.916. The fourth-order valence-electron chi connectivity index (χ4n) is 0.524. The lowest BCUT2D eigenvalue weighted by atomic mass is 10.3. The number of aromatic nitrogens is 1. The van der Waals surface area contributed by atoms with Crippen molar-refractivity contribution in [3.05, 3.63) is 16.4 Å². The zero-order valence-corrected chi connectivity index (χ0v) is 6.46. The lowest BCUT2D eigenvalue weighted by Gasteiger charge is -1.82. The number of carboxylic acids is 1. The van der Waals surface area contributed by atoms with Crippen LogP contribution in [-0.2, 0) is 11.2 Å². The van der Waals surface area contributed by atoms with E-state index in [4.69, 9.17) is 5.11 Å². The zero-order chi connectivity index (χ0) is 7.56. The molecule has 1 rings (SSSR count). The quantitative estimate of drug-likeness (QED) is 0.785. The number of nitrogens with zero attached hydrogens (tertiary/aromatic N) is 1. The molecular weight excluding hydrogens is 202 g/mol. The molecule has 0 aromatic carbocycles. The van der Waals surface area contributed by atoms with Crippen molar-refractivity contribution < 1.29 is 14.4 Å². The number of carboxylic acid groups (broad SMARTS) is 1. The molecule has 0 atom stereocenters. The number of hydrogen-bond acceptors (Lipinski definition) is 3. The maximum absolute atomic E-state index is 10.1. The minimum Gasteiger partial charge on any atom is -0.481 e. The van der Waals surface area contributed by atoms with Crippen molar-refractivity contribution in [2.45, 2.75) is 6.42 Å². The summed E-state index contributed by atoms with van der Waals surface area (Å²) in [5.41, 5.74) is 0.416. The molecular formula is C5H4BrNO3. The van der Waals surface area contributed by atoms with Crippen LogP contribution in [-0.4, -0.2) is 16.2 Å². The van der Waals surface area contributed by atoms with E-state index in [1.165, 1.54) is 6.07 Å². The van der Waals surface area contributed by atoms with Crippen molar-refractivity contribution in [1.82, 2.24) is 5.16 Å². The molecule has 0 amide bonds. The number of carbonyl (C=O) groups is 1. The van der Waals surface area contributed by atoms with Gasteiger partial charge in [0.25, 0.3) is 0 Å². The summed E-state index contributed by atoms with van der Waals surface area (Å²) in [6, 6.07) is 1.52. The SMILES string of the molecule is O=C(O)Cc1cc(Br)on1. The van der Waals surface area contributed by atoms with E-state index in [1.54, 1.807) is 0 Å². The van der Waals surface area contributed by atoms with Crippen molar-refractivity contribution in [3.8, 4) is 0 Å². The van der Waals surface area contributed by atoms with Gasteiger partial charge in [-0.3, -0.25) is 4.79 Å². The lowest BCUT2D eigenvalue weighted by Crippen LogP contribution is -1.99. The van der Waals surface area contributed by atoms with E-state index in [0.717, 1.165) is 0 Å². The Morgan fingerprint density at radius 3 is 3.00 bits per heavy atom. The molecule has 0 aliphatic carbocycles. The van der Waals surface area contributed by atoms with Crippen LogP contribution in [0.3, 0.4) is 0 Å². The Morgan fingerprint density at radius 1 is 1.90 bits per heavy atom. The molecule has 1 aromatic heterocycles. The molecule has 5 heteroatoms. The molecule has 0 unspecified atom stereocenters. The van der Waals surface area contributed by atoms with Gasteiger partial charge in [-0.25, -0.2) is 0 Å². The molecule has 0 bridgehead atoms. The fraction of sp³-hybridized carbons (Fsp3) is 0.200. The van der Waals surface area contributed by atoms with Gasteiger partial charge in [0.2, 0.25) is 4.67 Å². The summed E-state index contributed by atoms with van der Waals surface area (Å²) in [7, 11) is 0. The standard InChI is InChI=1S/C5H4BrNO3/c6-4-1-3(7-10-4)2-5(8)9/h1H,2H2,(H,8,9). The summed E-state index contributed by atoms with van der Waals surface area (Å²) in [5, 5.41) is 11.7. The van der Waals surface area contributed by atoms with Crippen molar-refractivity contribution in [1.29, 1.82) is 0 Å². The van der Waals surface area contributed by atoms with Crippen LogP contribution >= 0.6 is 15.9 Å². The predicted octanol–water partition coefficient (Wildman–Crippen LogP) is 1.06. The summed E-state index contributed by atoms with van der Waals surface area (Å²) in [5.74, 6) is -0.916. The lowest BCUT2D eigenvalue weighted by molar-refractivity contribution is -0.136. The number of aliphatic carboxylic acids is 1. The van der Waals surface area contributed by atoms with Gasteiger partial charge in [0.15, 0.2) is 0 Å². The Kier molecular flexibility index (Phi) is 2.06. The second-order valence-electron chi connectivity index (χ2n) is 1.69. The maximum Gasteiger partial charge on any atom is 0.309 e. The molecule has 0 saturated heterocycles. The summed E-state index contributed by atoms with van der Waals surface area (Å²) in [4.78, 5) is 10.1. The van der Waals surface area contributed by atoms with Crippen LogP contribution in [0.5, 0.6) is 0 Å². The monoisotopic (exact) mass is 205 g/mol.